The van der Waals surface area contributed by atoms with E-state index >= 15 is 0 Å². The van der Waals surface area contributed by atoms with E-state index in [4.69, 9.17) is 9.72 Å². The van der Waals surface area contributed by atoms with Crippen molar-refractivity contribution in [3.8, 4) is 11.5 Å². The lowest BCUT2D eigenvalue weighted by molar-refractivity contribution is -0.114. The molecule has 3 atom stereocenters. The number of fused-ring (bicyclic) bond motifs is 1. The minimum atomic E-state index is -0.201. The van der Waals surface area contributed by atoms with Crippen LogP contribution in [0.15, 0.2) is 48.7 Å². The third-order valence-electron chi connectivity index (χ3n) is 8.19. The largest absolute Gasteiger partial charge is 0.383 e. The molecule has 2 saturated carbocycles. The van der Waals surface area contributed by atoms with Gasteiger partial charge in [-0.1, -0.05) is 18.2 Å². The Hall–Kier alpha value is -3.52. The zero-order chi connectivity index (χ0) is 24.9. The summed E-state index contributed by atoms with van der Waals surface area (Å²) < 4.78 is 7.36. The van der Waals surface area contributed by atoms with Gasteiger partial charge >= 0.3 is 0 Å². The van der Waals surface area contributed by atoms with E-state index in [1.165, 1.54) is 19.8 Å². The zero-order valence-electron chi connectivity index (χ0n) is 20.7. The van der Waals surface area contributed by atoms with E-state index in [9.17, 15) is 9.59 Å². The maximum Gasteiger partial charge on any atom is 0.253 e. The first-order valence-electron chi connectivity index (χ1n) is 12.7. The summed E-state index contributed by atoms with van der Waals surface area (Å²) in [6.07, 6.45) is 10.3. The number of hydrogen-bond acceptors (Lipinski definition) is 5. The van der Waals surface area contributed by atoms with Gasteiger partial charge in [0, 0.05) is 39.0 Å². The molecule has 3 aliphatic carbocycles. The van der Waals surface area contributed by atoms with Crippen LogP contribution in [0.4, 0.5) is 5.69 Å². The van der Waals surface area contributed by atoms with Crippen LogP contribution in [0.3, 0.4) is 0 Å². The van der Waals surface area contributed by atoms with Gasteiger partial charge in [0.25, 0.3) is 5.91 Å². The van der Waals surface area contributed by atoms with E-state index in [0.717, 1.165) is 6.42 Å². The first-order chi connectivity index (χ1) is 17.5. The molecule has 36 heavy (non-hydrogen) atoms. The van der Waals surface area contributed by atoms with Gasteiger partial charge in [-0.05, 0) is 66.7 Å². The summed E-state index contributed by atoms with van der Waals surface area (Å²) in [5, 5.41) is 6.05. The molecule has 3 aliphatic rings. The maximum atomic E-state index is 13.7. The lowest BCUT2D eigenvalue weighted by Gasteiger charge is -2.20. The minimum absolute atomic E-state index is 0.157. The molecule has 186 valence electrons. The Kier molecular flexibility index (Phi) is 5.63. The average Bonchev–Trinajstić information content (AvgIpc) is 3.40. The predicted molar refractivity (Wildman–Crippen MR) is 137 cm³/mol. The molecule has 2 unspecified atom stereocenters. The van der Waals surface area contributed by atoms with E-state index in [-0.39, 0.29) is 11.8 Å². The molecule has 2 amide bonds. The summed E-state index contributed by atoms with van der Waals surface area (Å²) in [7, 11) is 1.65. The van der Waals surface area contributed by atoms with Crippen LogP contribution in [0.25, 0.3) is 22.6 Å². The number of benzene rings is 1. The number of amides is 2. The molecule has 6 rings (SSSR count). The van der Waals surface area contributed by atoms with E-state index in [1.54, 1.807) is 25.4 Å². The van der Waals surface area contributed by atoms with Gasteiger partial charge in [-0.25, -0.2) is 4.98 Å². The van der Waals surface area contributed by atoms with E-state index < -0.39 is 0 Å². The second-order valence-corrected chi connectivity index (χ2v) is 10.3. The Morgan fingerprint density at radius 3 is 2.78 bits per heavy atom. The molecule has 2 fully saturated rings. The second-order valence-electron chi connectivity index (χ2n) is 10.3. The van der Waals surface area contributed by atoms with Crippen molar-refractivity contribution in [2.45, 2.75) is 32.7 Å². The van der Waals surface area contributed by atoms with Crippen LogP contribution in [0.2, 0.25) is 0 Å². The molecule has 0 saturated heterocycles. The van der Waals surface area contributed by atoms with Gasteiger partial charge in [0.05, 0.1) is 23.2 Å². The number of carbonyl (C=O) groups is 2. The Balaban J connectivity index is 1.37. The highest BCUT2D eigenvalue weighted by molar-refractivity contribution is 6.08. The fraction of sp³-hybridized carbons (Fsp3) is 0.429. The van der Waals surface area contributed by atoms with Gasteiger partial charge in [0.1, 0.15) is 5.69 Å². The number of aromatic nitrogens is 3. The molecule has 2 bridgehead atoms. The number of pyridine rings is 1. The van der Waals surface area contributed by atoms with Crippen molar-refractivity contribution in [1.29, 1.82) is 0 Å². The van der Waals surface area contributed by atoms with Crippen molar-refractivity contribution in [1.82, 2.24) is 19.9 Å². The van der Waals surface area contributed by atoms with Gasteiger partial charge in [-0.3, -0.25) is 14.6 Å². The van der Waals surface area contributed by atoms with Gasteiger partial charge in [0.15, 0.2) is 5.82 Å². The molecule has 0 aliphatic heterocycles. The highest BCUT2D eigenvalue weighted by Gasteiger charge is 2.62. The Bertz CT molecular complexity index is 1360. The Morgan fingerprint density at radius 1 is 1.22 bits per heavy atom. The second kappa shape index (κ2) is 8.85. The number of ether oxygens (including phenoxy) is 1. The van der Waals surface area contributed by atoms with Crippen LogP contribution in [0, 0.1) is 23.2 Å². The number of methoxy groups -OCH3 is 1. The van der Waals surface area contributed by atoms with Gasteiger partial charge < -0.3 is 19.9 Å². The third kappa shape index (κ3) is 3.80. The molecule has 2 heterocycles. The topological polar surface area (TPSA) is 98.1 Å². The first-order valence-corrected chi connectivity index (χ1v) is 12.7. The molecule has 0 radical (unpaired) electrons. The standard InChI is InChI=1S/C28H31N5O3/c1-17(34)31-20-14-21(27(35)30-16-18-13-19-6-7-22(18)28(19)8-9-28)25-24(15-20)32-26(33(25)11-12-36-2)23-5-3-4-10-29-23/h3-7,10,14-15,18-19,22H,8-9,11-13,16H2,1-2H3,(H,30,35)(H,31,34)/t18-,19?,22?/m1/s1. The van der Waals surface area contributed by atoms with Crippen molar-refractivity contribution < 1.29 is 14.3 Å². The zero-order valence-corrected chi connectivity index (χ0v) is 20.7. The normalized spacial score (nSPS) is 22.9. The number of nitrogens with zero attached hydrogens (tertiary/aromatic N) is 3. The average molecular weight is 486 g/mol. The van der Waals surface area contributed by atoms with Crippen LogP contribution in [-0.2, 0) is 16.1 Å². The molecular formula is C28H31N5O3. The minimum Gasteiger partial charge on any atom is -0.383 e. The van der Waals surface area contributed by atoms with Gasteiger partial charge in [-0.2, -0.15) is 0 Å². The van der Waals surface area contributed by atoms with Crippen molar-refractivity contribution in [3.63, 3.8) is 0 Å². The summed E-state index contributed by atoms with van der Waals surface area (Å²) in [5.41, 5.74) is 3.57. The molecule has 2 aromatic heterocycles. The monoisotopic (exact) mass is 485 g/mol. The van der Waals surface area contributed by atoms with Gasteiger partial charge in [0.2, 0.25) is 5.91 Å². The molecule has 1 aromatic carbocycles. The number of rotatable bonds is 8. The summed E-state index contributed by atoms with van der Waals surface area (Å²) in [4.78, 5) is 34.8. The van der Waals surface area contributed by atoms with Crippen molar-refractivity contribution in [3.05, 3.63) is 54.2 Å². The number of imidazole rings is 1. The third-order valence-corrected chi connectivity index (χ3v) is 8.19. The van der Waals surface area contributed by atoms with E-state index in [0.29, 0.717) is 76.7 Å². The SMILES string of the molecule is COCCn1c(-c2ccccn2)nc2cc(NC(C)=O)cc(C(=O)NC[C@H]3CC4C=CC3C43CC3)c21. The van der Waals surface area contributed by atoms with Crippen molar-refractivity contribution in [2.75, 3.05) is 25.6 Å². The molecule has 3 aromatic rings. The fourth-order valence-corrected chi connectivity index (χ4v) is 6.48. The molecule has 8 heteroatoms. The summed E-state index contributed by atoms with van der Waals surface area (Å²) >= 11 is 0. The fourth-order valence-electron chi connectivity index (χ4n) is 6.48. The predicted octanol–water partition coefficient (Wildman–Crippen LogP) is 4.04. The lowest BCUT2D eigenvalue weighted by atomic mass is 9.89. The number of nitrogens with one attached hydrogen (secondary N) is 2. The van der Waals surface area contributed by atoms with Crippen LogP contribution >= 0.6 is 0 Å². The highest BCUT2D eigenvalue weighted by atomic mass is 16.5. The van der Waals surface area contributed by atoms with Crippen molar-refractivity contribution >= 4 is 28.5 Å². The first kappa shape index (κ1) is 22.9. The number of hydrogen-bond donors (Lipinski definition) is 2. The number of anilines is 1. The van der Waals surface area contributed by atoms with Crippen LogP contribution < -0.4 is 10.6 Å². The van der Waals surface area contributed by atoms with E-state index in [1.807, 2.05) is 22.8 Å². The lowest BCUT2D eigenvalue weighted by Crippen LogP contribution is -2.32. The number of allylic oxidation sites excluding steroid dienone is 2. The van der Waals surface area contributed by atoms with E-state index in [2.05, 4.69) is 27.8 Å². The number of carbonyl (C=O) groups excluding carboxylic acids is 2. The summed E-state index contributed by atoms with van der Waals surface area (Å²) in [5.74, 6) is 2.03. The Morgan fingerprint density at radius 2 is 2.08 bits per heavy atom. The quantitative estimate of drug-likeness (QED) is 0.470. The molecule has 8 nitrogen and oxygen atoms in total. The Labute approximate surface area is 210 Å². The molecule has 1 spiro atoms. The van der Waals surface area contributed by atoms with Crippen LogP contribution in [0.1, 0.15) is 36.5 Å². The molecule has 2 N–H and O–H groups in total. The van der Waals surface area contributed by atoms with Crippen molar-refractivity contribution in [2.24, 2.45) is 23.2 Å². The highest BCUT2D eigenvalue weighted by Crippen LogP contribution is 2.69. The smallest absolute Gasteiger partial charge is 0.253 e. The van der Waals surface area contributed by atoms with Crippen LogP contribution in [0.5, 0.6) is 0 Å². The molecular weight excluding hydrogens is 454 g/mol. The van der Waals surface area contributed by atoms with Crippen LogP contribution in [-0.4, -0.2) is 46.6 Å². The summed E-state index contributed by atoms with van der Waals surface area (Å²) in [6, 6.07) is 9.22. The maximum absolute atomic E-state index is 13.7. The van der Waals surface area contributed by atoms with Gasteiger partial charge in [-0.15, -0.1) is 0 Å². The summed E-state index contributed by atoms with van der Waals surface area (Å²) in [6.45, 7) is 3.08.